The Kier molecular flexibility index (Phi) is 5.29. The summed E-state index contributed by atoms with van der Waals surface area (Å²) in [6.45, 7) is 6.42. The van der Waals surface area contributed by atoms with E-state index in [1.54, 1.807) is 0 Å². The Balaban J connectivity index is 2.72. The second kappa shape index (κ2) is 6.26. The smallest absolute Gasteiger partial charge is 0.0407 e. The minimum absolute atomic E-state index is 0.690. The first kappa shape index (κ1) is 13.5. The number of rotatable bonds is 5. The Morgan fingerprint density at radius 1 is 1.31 bits per heavy atom. The van der Waals surface area contributed by atoms with Gasteiger partial charge in [-0.25, -0.2) is 0 Å². The van der Waals surface area contributed by atoms with Gasteiger partial charge in [-0.05, 0) is 36.2 Å². The molecule has 0 aliphatic rings. The van der Waals surface area contributed by atoms with E-state index in [1.165, 1.54) is 11.3 Å². The van der Waals surface area contributed by atoms with Crippen molar-refractivity contribution in [3.8, 4) is 0 Å². The van der Waals surface area contributed by atoms with E-state index < -0.39 is 0 Å². The lowest BCUT2D eigenvalue weighted by atomic mass is 10.1. The number of halogens is 1. The van der Waals surface area contributed by atoms with E-state index in [4.69, 9.17) is 0 Å². The van der Waals surface area contributed by atoms with Crippen molar-refractivity contribution >= 4 is 21.6 Å². The summed E-state index contributed by atoms with van der Waals surface area (Å²) in [5, 5.41) is 3.48. The fourth-order valence-electron chi connectivity index (χ4n) is 1.63. The normalized spacial score (nSPS) is 10.9. The fraction of sp³-hybridized carbons (Fsp3) is 0.538. The van der Waals surface area contributed by atoms with E-state index in [1.807, 2.05) is 0 Å². The van der Waals surface area contributed by atoms with E-state index in [0.717, 1.165) is 17.6 Å². The Morgan fingerprint density at radius 2 is 2.00 bits per heavy atom. The van der Waals surface area contributed by atoms with Crippen molar-refractivity contribution in [2.75, 3.05) is 25.5 Å². The largest absolute Gasteiger partial charge is 0.377 e. The zero-order valence-corrected chi connectivity index (χ0v) is 12.1. The maximum Gasteiger partial charge on any atom is 0.0407 e. The number of benzene rings is 1. The van der Waals surface area contributed by atoms with Gasteiger partial charge in [-0.2, -0.15) is 0 Å². The molecular weight excluding hydrogens is 264 g/mol. The lowest BCUT2D eigenvalue weighted by molar-refractivity contribution is 0.552. The molecule has 0 saturated heterocycles. The molecule has 0 unspecified atom stereocenters. The van der Waals surface area contributed by atoms with Gasteiger partial charge in [0, 0.05) is 30.8 Å². The molecule has 0 saturated carbocycles. The Hall–Kier alpha value is -0.540. The van der Waals surface area contributed by atoms with Crippen LogP contribution in [0.3, 0.4) is 0 Å². The molecule has 1 aromatic carbocycles. The van der Waals surface area contributed by atoms with Crippen LogP contribution in [0.25, 0.3) is 0 Å². The molecule has 0 aliphatic heterocycles. The maximum atomic E-state index is 3.52. The third kappa shape index (κ3) is 4.14. The van der Waals surface area contributed by atoms with Crippen LogP contribution >= 0.6 is 15.9 Å². The van der Waals surface area contributed by atoms with Gasteiger partial charge < -0.3 is 10.2 Å². The molecule has 0 atom stereocenters. The zero-order chi connectivity index (χ0) is 12.1. The van der Waals surface area contributed by atoms with Crippen molar-refractivity contribution in [3.05, 3.63) is 28.2 Å². The molecule has 16 heavy (non-hydrogen) atoms. The van der Waals surface area contributed by atoms with Gasteiger partial charge in [0.1, 0.15) is 0 Å². The van der Waals surface area contributed by atoms with Crippen molar-refractivity contribution in [1.29, 1.82) is 0 Å². The summed E-state index contributed by atoms with van der Waals surface area (Å²) in [4.78, 5) is 2.15. The highest BCUT2D eigenvalue weighted by atomic mass is 79.9. The van der Waals surface area contributed by atoms with Gasteiger partial charge in [-0.3, -0.25) is 0 Å². The molecule has 0 amide bonds. The summed E-state index contributed by atoms with van der Waals surface area (Å²) in [6.07, 6.45) is 0. The van der Waals surface area contributed by atoms with Crippen LogP contribution in [0, 0.1) is 5.92 Å². The van der Waals surface area contributed by atoms with Crippen molar-refractivity contribution in [1.82, 2.24) is 5.32 Å². The second-order valence-corrected chi connectivity index (χ2v) is 5.61. The topological polar surface area (TPSA) is 15.3 Å². The number of hydrogen-bond acceptors (Lipinski definition) is 2. The average molecular weight is 285 g/mol. The summed E-state index contributed by atoms with van der Waals surface area (Å²) in [5.74, 6) is 0.690. The summed E-state index contributed by atoms with van der Waals surface area (Å²) >= 11 is 3.52. The Bertz CT molecular complexity index is 335. The van der Waals surface area contributed by atoms with Crippen LogP contribution in [0.4, 0.5) is 5.69 Å². The van der Waals surface area contributed by atoms with Gasteiger partial charge in [0.05, 0.1) is 0 Å². The first-order valence-electron chi connectivity index (χ1n) is 5.67. The molecule has 90 valence electrons. The molecule has 1 N–H and O–H groups in total. The van der Waals surface area contributed by atoms with Gasteiger partial charge in [0.2, 0.25) is 0 Å². The Labute approximate surface area is 107 Å². The van der Waals surface area contributed by atoms with E-state index in [-0.39, 0.29) is 0 Å². The molecule has 2 nitrogen and oxygen atoms in total. The van der Waals surface area contributed by atoms with E-state index >= 15 is 0 Å². The summed E-state index contributed by atoms with van der Waals surface area (Å²) < 4.78 is 1.14. The average Bonchev–Trinajstić information content (AvgIpc) is 2.16. The molecule has 0 fully saturated rings. The molecular formula is C13H21BrN2. The second-order valence-electron chi connectivity index (χ2n) is 4.69. The van der Waals surface area contributed by atoms with Crippen LogP contribution in [0.5, 0.6) is 0 Å². The van der Waals surface area contributed by atoms with E-state index in [0.29, 0.717) is 5.92 Å². The lowest BCUT2D eigenvalue weighted by Crippen LogP contribution is -2.21. The first-order valence-corrected chi connectivity index (χ1v) is 6.46. The predicted octanol–water partition coefficient (Wildman–Crippen LogP) is 3.26. The molecule has 0 spiro atoms. The van der Waals surface area contributed by atoms with Crippen molar-refractivity contribution in [2.24, 2.45) is 5.92 Å². The summed E-state index contributed by atoms with van der Waals surface area (Å²) in [5.41, 5.74) is 2.61. The van der Waals surface area contributed by atoms with Gasteiger partial charge in [0.25, 0.3) is 0 Å². The van der Waals surface area contributed by atoms with Gasteiger partial charge in [-0.15, -0.1) is 0 Å². The zero-order valence-electron chi connectivity index (χ0n) is 10.5. The summed E-state index contributed by atoms with van der Waals surface area (Å²) in [6, 6.07) is 6.42. The molecule has 0 bridgehead atoms. The minimum Gasteiger partial charge on any atom is -0.377 e. The predicted molar refractivity (Wildman–Crippen MR) is 75.0 cm³/mol. The van der Waals surface area contributed by atoms with Gasteiger partial charge in [-0.1, -0.05) is 29.8 Å². The highest BCUT2D eigenvalue weighted by molar-refractivity contribution is 9.10. The SMILES string of the molecule is CC(C)CNCc1cc(Br)ccc1N(C)C. The monoisotopic (exact) mass is 284 g/mol. The molecule has 1 rings (SSSR count). The summed E-state index contributed by atoms with van der Waals surface area (Å²) in [7, 11) is 4.16. The number of hydrogen-bond donors (Lipinski definition) is 1. The number of nitrogens with one attached hydrogen (secondary N) is 1. The van der Waals surface area contributed by atoms with Crippen LogP contribution < -0.4 is 10.2 Å². The molecule has 1 aromatic rings. The molecule has 3 heteroatoms. The van der Waals surface area contributed by atoms with Gasteiger partial charge in [0.15, 0.2) is 0 Å². The van der Waals surface area contributed by atoms with Crippen LogP contribution in [0.2, 0.25) is 0 Å². The van der Waals surface area contributed by atoms with Crippen molar-refractivity contribution in [3.63, 3.8) is 0 Å². The van der Waals surface area contributed by atoms with Crippen molar-refractivity contribution < 1.29 is 0 Å². The number of anilines is 1. The number of nitrogens with zero attached hydrogens (tertiary/aromatic N) is 1. The standard InChI is InChI=1S/C13H21BrN2/c1-10(2)8-15-9-11-7-12(14)5-6-13(11)16(3)4/h5-7,10,15H,8-9H2,1-4H3. The van der Waals surface area contributed by atoms with Crippen LogP contribution in [0.1, 0.15) is 19.4 Å². The first-order chi connectivity index (χ1) is 7.50. The molecule has 0 aliphatic carbocycles. The molecule has 0 radical (unpaired) electrons. The fourth-order valence-corrected chi connectivity index (χ4v) is 2.04. The highest BCUT2D eigenvalue weighted by Crippen LogP contribution is 2.22. The van der Waals surface area contributed by atoms with Crippen molar-refractivity contribution in [2.45, 2.75) is 20.4 Å². The quantitative estimate of drug-likeness (QED) is 0.893. The third-order valence-corrected chi connectivity index (χ3v) is 2.88. The van der Waals surface area contributed by atoms with Crippen LogP contribution in [0.15, 0.2) is 22.7 Å². The molecule has 0 aromatic heterocycles. The minimum atomic E-state index is 0.690. The Morgan fingerprint density at radius 3 is 2.56 bits per heavy atom. The van der Waals surface area contributed by atoms with E-state index in [9.17, 15) is 0 Å². The highest BCUT2D eigenvalue weighted by Gasteiger charge is 2.05. The van der Waals surface area contributed by atoms with Gasteiger partial charge >= 0.3 is 0 Å². The lowest BCUT2D eigenvalue weighted by Gasteiger charge is -2.18. The third-order valence-electron chi connectivity index (χ3n) is 2.39. The van der Waals surface area contributed by atoms with Crippen LogP contribution in [-0.4, -0.2) is 20.6 Å². The van der Waals surface area contributed by atoms with Crippen LogP contribution in [-0.2, 0) is 6.54 Å². The molecule has 0 heterocycles. The van der Waals surface area contributed by atoms with E-state index in [2.05, 4.69) is 72.3 Å². The maximum absolute atomic E-state index is 3.52.